The van der Waals surface area contributed by atoms with Crippen molar-refractivity contribution in [3.8, 4) is 17.2 Å². The molecule has 0 fully saturated rings. The van der Waals surface area contributed by atoms with Crippen LogP contribution in [0.2, 0.25) is 0 Å². The number of ether oxygens (including phenoxy) is 7. The van der Waals surface area contributed by atoms with E-state index in [0.29, 0.717) is 81.1 Å². The first-order valence-corrected chi connectivity index (χ1v) is 14.2. The molecular weight excluding hydrogens is 546 g/mol. The molecule has 228 valence electrons. The van der Waals surface area contributed by atoms with E-state index in [9.17, 15) is 9.59 Å². The minimum Gasteiger partial charge on any atom is -0.496 e. The summed E-state index contributed by atoms with van der Waals surface area (Å²) in [4.78, 5) is 28.7. The number of fused-ring (bicyclic) bond motifs is 2. The summed E-state index contributed by atoms with van der Waals surface area (Å²) >= 11 is 0. The number of anilines is 1. The van der Waals surface area contributed by atoms with Gasteiger partial charge in [0, 0.05) is 36.5 Å². The third-order valence-corrected chi connectivity index (χ3v) is 6.69. The molecule has 11 heteroatoms. The molecule has 1 aliphatic rings. The first-order valence-electron chi connectivity index (χ1n) is 14.2. The molecule has 0 radical (unpaired) electrons. The van der Waals surface area contributed by atoms with E-state index in [0.717, 1.165) is 18.8 Å². The Morgan fingerprint density at radius 3 is 1.90 bits per heavy atom. The Balaban J connectivity index is 1.58. The van der Waals surface area contributed by atoms with Crippen molar-refractivity contribution in [2.45, 2.75) is 13.8 Å². The van der Waals surface area contributed by atoms with Crippen molar-refractivity contribution in [1.82, 2.24) is 0 Å². The van der Waals surface area contributed by atoms with Crippen LogP contribution in [0.25, 0.3) is 11.0 Å². The van der Waals surface area contributed by atoms with Crippen LogP contribution in [0, 0.1) is 0 Å². The first kappa shape index (κ1) is 31.3. The lowest BCUT2D eigenvalue weighted by Crippen LogP contribution is -2.22. The second-order valence-corrected chi connectivity index (χ2v) is 9.32. The van der Waals surface area contributed by atoms with Gasteiger partial charge >= 0.3 is 5.63 Å². The maximum atomic E-state index is 13.6. The van der Waals surface area contributed by atoms with E-state index in [-0.39, 0.29) is 24.3 Å². The third-order valence-electron chi connectivity index (χ3n) is 6.69. The quantitative estimate of drug-likeness (QED) is 0.311. The second-order valence-electron chi connectivity index (χ2n) is 9.32. The molecule has 0 N–H and O–H groups in total. The normalized spacial score (nSPS) is 15.9. The molecule has 1 aliphatic heterocycles. The molecule has 0 bridgehead atoms. The van der Waals surface area contributed by atoms with Gasteiger partial charge in [0.25, 0.3) is 0 Å². The van der Waals surface area contributed by atoms with Crippen molar-refractivity contribution in [2.24, 2.45) is 0 Å². The molecule has 11 nitrogen and oxygen atoms in total. The smallest absolute Gasteiger partial charge is 0.347 e. The molecule has 0 amide bonds. The fourth-order valence-corrected chi connectivity index (χ4v) is 4.49. The maximum absolute atomic E-state index is 13.6. The Kier molecular flexibility index (Phi) is 12.0. The van der Waals surface area contributed by atoms with Gasteiger partial charge in [0.1, 0.15) is 30.1 Å². The van der Waals surface area contributed by atoms with Gasteiger partial charge in [-0.1, -0.05) is 0 Å². The highest BCUT2D eigenvalue weighted by molar-refractivity contribution is 6.10. The molecule has 0 saturated carbocycles. The van der Waals surface area contributed by atoms with Crippen LogP contribution in [-0.4, -0.2) is 92.1 Å². The molecule has 0 spiro atoms. The summed E-state index contributed by atoms with van der Waals surface area (Å²) in [5, 5.41) is 0.527. The molecule has 3 aromatic rings. The van der Waals surface area contributed by atoms with Crippen LogP contribution in [0.5, 0.6) is 17.2 Å². The van der Waals surface area contributed by atoms with Crippen molar-refractivity contribution >= 4 is 22.4 Å². The van der Waals surface area contributed by atoms with Crippen LogP contribution >= 0.6 is 0 Å². The monoisotopic (exact) mass is 585 g/mol. The Morgan fingerprint density at radius 1 is 0.762 bits per heavy atom. The molecule has 0 unspecified atom stereocenters. The number of hydrogen-bond acceptors (Lipinski definition) is 11. The Labute approximate surface area is 245 Å². The number of nitrogens with zero attached hydrogens (tertiary/aromatic N) is 1. The fourth-order valence-electron chi connectivity index (χ4n) is 4.49. The molecular formula is C31H39NO10. The average molecular weight is 586 g/mol. The summed E-state index contributed by atoms with van der Waals surface area (Å²) in [5.41, 5.74) is 0.598. The molecule has 2 aromatic carbocycles. The van der Waals surface area contributed by atoms with Crippen LogP contribution in [0.3, 0.4) is 0 Å². The first-order chi connectivity index (χ1) is 20.5. The van der Waals surface area contributed by atoms with E-state index in [4.69, 9.17) is 37.6 Å². The predicted octanol–water partition coefficient (Wildman–Crippen LogP) is 3.72. The SMILES string of the molecule is CCN(CC)c1cc(OC)c2cc(C(=O)c3ccc4c(c3)OCCOCCOCCOCCOCCO4)c(=O)oc2c1. The van der Waals surface area contributed by atoms with Crippen LogP contribution < -0.4 is 24.7 Å². The topological polar surface area (TPSA) is 115 Å². The van der Waals surface area contributed by atoms with Gasteiger partial charge in [-0.2, -0.15) is 0 Å². The van der Waals surface area contributed by atoms with Crippen LogP contribution in [-0.2, 0) is 18.9 Å². The molecule has 0 atom stereocenters. The summed E-state index contributed by atoms with van der Waals surface area (Å²) in [6.45, 7) is 9.48. The van der Waals surface area contributed by atoms with Crippen molar-refractivity contribution in [3.63, 3.8) is 0 Å². The van der Waals surface area contributed by atoms with Crippen molar-refractivity contribution in [1.29, 1.82) is 0 Å². The van der Waals surface area contributed by atoms with Crippen LogP contribution in [0.1, 0.15) is 29.8 Å². The minimum absolute atomic E-state index is 0.114. The highest BCUT2D eigenvalue weighted by atomic mass is 16.6. The highest BCUT2D eigenvalue weighted by Crippen LogP contribution is 2.33. The Morgan fingerprint density at radius 2 is 1.33 bits per heavy atom. The number of methoxy groups -OCH3 is 1. The third kappa shape index (κ3) is 8.22. The minimum atomic E-state index is -0.737. The van der Waals surface area contributed by atoms with Gasteiger partial charge in [-0.25, -0.2) is 4.79 Å². The predicted molar refractivity (Wildman–Crippen MR) is 157 cm³/mol. The second kappa shape index (κ2) is 16.1. The summed E-state index contributed by atoms with van der Waals surface area (Å²) < 4.78 is 45.1. The molecule has 2 heterocycles. The number of rotatable bonds is 6. The van der Waals surface area contributed by atoms with Gasteiger partial charge in [0.05, 0.1) is 65.4 Å². The van der Waals surface area contributed by atoms with Crippen LogP contribution in [0.4, 0.5) is 5.69 Å². The molecule has 4 rings (SSSR count). The van der Waals surface area contributed by atoms with E-state index in [2.05, 4.69) is 4.90 Å². The molecule has 1 aromatic heterocycles. The number of carbonyl (C=O) groups excluding carboxylic acids is 1. The molecule has 0 aliphatic carbocycles. The van der Waals surface area contributed by atoms with Crippen molar-refractivity contribution in [3.05, 3.63) is 57.9 Å². The van der Waals surface area contributed by atoms with Gasteiger partial charge < -0.3 is 42.5 Å². The zero-order valence-electron chi connectivity index (χ0n) is 24.5. The summed E-state index contributed by atoms with van der Waals surface area (Å²) in [7, 11) is 1.54. The fraction of sp³-hybridized carbons (Fsp3) is 0.484. The van der Waals surface area contributed by atoms with Crippen LogP contribution in [0.15, 0.2) is 45.6 Å². The lowest BCUT2D eigenvalue weighted by molar-refractivity contribution is -0.00841. The number of benzene rings is 2. The maximum Gasteiger partial charge on any atom is 0.347 e. The zero-order chi connectivity index (χ0) is 29.7. The largest absolute Gasteiger partial charge is 0.496 e. The lowest BCUT2D eigenvalue weighted by atomic mass is 10.0. The average Bonchev–Trinajstić information content (AvgIpc) is 3.00. The van der Waals surface area contributed by atoms with E-state index >= 15 is 0 Å². The van der Waals surface area contributed by atoms with Gasteiger partial charge in [0.15, 0.2) is 11.5 Å². The number of carbonyl (C=O) groups is 1. The van der Waals surface area contributed by atoms with E-state index in [1.165, 1.54) is 6.07 Å². The van der Waals surface area contributed by atoms with Crippen molar-refractivity contribution in [2.75, 3.05) is 91.2 Å². The van der Waals surface area contributed by atoms with E-state index < -0.39 is 11.4 Å². The van der Waals surface area contributed by atoms with E-state index in [1.54, 1.807) is 31.4 Å². The number of ketones is 1. The highest BCUT2D eigenvalue weighted by Gasteiger charge is 2.21. The van der Waals surface area contributed by atoms with Gasteiger partial charge in [-0.3, -0.25) is 4.79 Å². The zero-order valence-corrected chi connectivity index (χ0v) is 24.5. The summed E-state index contributed by atoms with van der Waals surface area (Å²) in [6.07, 6.45) is 0. The number of hydrogen-bond donors (Lipinski definition) is 0. The Bertz CT molecular complexity index is 1370. The molecule has 42 heavy (non-hydrogen) atoms. The van der Waals surface area contributed by atoms with Gasteiger partial charge in [-0.05, 0) is 38.1 Å². The summed E-state index contributed by atoms with van der Waals surface area (Å²) in [6, 6.07) is 9.96. The Hall–Kier alpha value is -3.64. The van der Waals surface area contributed by atoms with E-state index in [1.807, 2.05) is 19.9 Å². The van der Waals surface area contributed by atoms with Gasteiger partial charge in [-0.15, -0.1) is 0 Å². The van der Waals surface area contributed by atoms with Crippen molar-refractivity contribution < 1.29 is 42.4 Å². The summed E-state index contributed by atoms with van der Waals surface area (Å²) in [5.74, 6) is 0.775. The standard InChI is InChI=1S/C31H39NO10/c1-4-32(5-2)23-19-27(35-3)24-21-25(31(34)42-28(24)20-23)30(33)22-6-7-26-29(18-22)41-17-15-39-13-11-37-9-8-36-10-12-38-14-16-40-26/h6-7,18-21H,4-5,8-17H2,1-3H3. The van der Waals surface area contributed by atoms with Gasteiger partial charge in [0.2, 0.25) is 5.78 Å². The molecule has 0 saturated heterocycles. The lowest BCUT2D eigenvalue weighted by Gasteiger charge is -2.22.